The molecule has 0 radical (unpaired) electrons. The summed E-state index contributed by atoms with van der Waals surface area (Å²) < 4.78 is 81.7. The van der Waals surface area contributed by atoms with Crippen LogP contribution in [0.1, 0.15) is 42.1 Å². The maximum absolute atomic E-state index is 14.9. The zero-order valence-electron chi connectivity index (χ0n) is 23.6. The number of aryl methyl sites for hydroxylation is 1. The fraction of sp³-hybridized carbons (Fsp3) is 0.452. The Morgan fingerprint density at radius 3 is 2.35 bits per heavy atom. The lowest BCUT2D eigenvalue weighted by molar-refractivity contribution is -0.187. The second-order valence-electron chi connectivity index (χ2n) is 11.0. The number of likely N-dealkylation sites (tertiary alicyclic amines) is 1. The first-order valence-electron chi connectivity index (χ1n) is 14.0. The van der Waals surface area contributed by atoms with Gasteiger partial charge >= 0.3 is 12.1 Å². The molecule has 1 atom stereocenters. The monoisotopic (exact) mass is 609 g/mol. The molecule has 3 aromatic rings. The average molecular weight is 610 g/mol. The molecule has 12 heteroatoms. The number of alkyl halides is 6. The molecule has 1 saturated heterocycles. The number of halogens is 6. The Morgan fingerprint density at radius 2 is 1.72 bits per heavy atom. The molecule has 2 heterocycles. The van der Waals surface area contributed by atoms with E-state index in [0.29, 0.717) is 12.0 Å². The SMILES string of the molecule is CCc1ccc2c(Cc3cccc(CC(NC(=O)C4(C(F)(F)CF)CCN(CC(F)(F)F)CC4)C(=O)O)c3)nccc2c1. The first kappa shape index (κ1) is 32.2. The number of nitrogens with one attached hydrogen (secondary N) is 1. The molecule has 43 heavy (non-hydrogen) atoms. The van der Waals surface area contributed by atoms with E-state index in [9.17, 15) is 41.0 Å². The Morgan fingerprint density at radius 1 is 1.02 bits per heavy atom. The van der Waals surface area contributed by atoms with Gasteiger partial charge in [-0.25, -0.2) is 18.0 Å². The van der Waals surface area contributed by atoms with Gasteiger partial charge in [0.25, 0.3) is 5.92 Å². The number of rotatable bonds is 11. The van der Waals surface area contributed by atoms with Gasteiger partial charge in [0, 0.05) is 24.4 Å². The summed E-state index contributed by atoms with van der Waals surface area (Å²) in [6, 6.07) is 13.3. The number of hydrogen-bond acceptors (Lipinski definition) is 4. The second-order valence-corrected chi connectivity index (χ2v) is 11.0. The van der Waals surface area contributed by atoms with E-state index in [1.54, 1.807) is 24.4 Å². The maximum atomic E-state index is 14.9. The predicted molar refractivity (Wildman–Crippen MR) is 149 cm³/mol. The molecule has 6 nitrogen and oxygen atoms in total. The van der Waals surface area contributed by atoms with Gasteiger partial charge in [-0.1, -0.05) is 49.4 Å². The van der Waals surface area contributed by atoms with E-state index in [-0.39, 0.29) is 6.42 Å². The Hall–Kier alpha value is -3.67. The fourth-order valence-electron chi connectivity index (χ4n) is 5.68. The van der Waals surface area contributed by atoms with Crippen LogP contribution in [0.15, 0.2) is 54.7 Å². The molecule has 2 N–H and O–H groups in total. The number of carbonyl (C=O) groups excluding carboxylic acids is 1. The zero-order chi connectivity index (χ0) is 31.4. The number of pyridine rings is 1. The zero-order valence-corrected chi connectivity index (χ0v) is 23.6. The molecule has 1 aliphatic heterocycles. The molecule has 0 aliphatic carbocycles. The van der Waals surface area contributed by atoms with Gasteiger partial charge in [0.2, 0.25) is 5.91 Å². The first-order chi connectivity index (χ1) is 20.3. The second kappa shape index (κ2) is 12.9. The molecule has 1 fully saturated rings. The minimum atomic E-state index is -4.57. The van der Waals surface area contributed by atoms with Crippen molar-refractivity contribution < 1.29 is 41.0 Å². The number of carboxylic acids is 1. The van der Waals surface area contributed by atoms with E-state index in [2.05, 4.69) is 23.3 Å². The quantitative estimate of drug-likeness (QED) is 0.271. The van der Waals surface area contributed by atoms with Gasteiger partial charge in [-0.15, -0.1) is 0 Å². The highest BCUT2D eigenvalue weighted by Gasteiger charge is 2.60. The lowest BCUT2D eigenvalue weighted by Crippen LogP contribution is -2.61. The number of aliphatic carboxylic acids is 1. The summed E-state index contributed by atoms with van der Waals surface area (Å²) >= 11 is 0. The largest absolute Gasteiger partial charge is 0.480 e. The van der Waals surface area contributed by atoms with Crippen LogP contribution in [0.4, 0.5) is 26.3 Å². The molecule has 232 valence electrons. The van der Waals surface area contributed by atoms with Gasteiger partial charge in [0.05, 0.1) is 12.2 Å². The normalized spacial score (nSPS) is 16.6. The highest BCUT2D eigenvalue weighted by molar-refractivity contribution is 5.89. The number of carbonyl (C=O) groups is 2. The van der Waals surface area contributed by atoms with Crippen LogP contribution in [0, 0.1) is 5.41 Å². The average Bonchev–Trinajstić information content (AvgIpc) is 2.96. The molecule has 0 saturated carbocycles. The highest BCUT2D eigenvalue weighted by Crippen LogP contribution is 2.46. The highest BCUT2D eigenvalue weighted by atomic mass is 19.4. The van der Waals surface area contributed by atoms with Crippen molar-refractivity contribution in [1.82, 2.24) is 15.2 Å². The lowest BCUT2D eigenvalue weighted by Gasteiger charge is -2.44. The number of piperidine rings is 1. The molecule has 4 rings (SSSR count). The smallest absolute Gasteiger partial charge is 0.401 e. The summed E-state index contributed by atoms with van der Waals surface area (Å²) in [5, 5.41) is 14.0. The third kappa shape index (κ3) is 7.46. The number of fused-ring (bicyclic) bond motifs is 1. The number of aromatic nitrogens is 1. The number of hydrogen-bond donors (Lipinski definition) is 2. The molecule has 1 aliphatic rings. The Balaban J connectivity index is 1.51. The van der Waals surface area contributed by atoms with E-state index in [1.807, 2.05) is 24.3 Å². The van der Waals surface area contributed by atoms with Crippen molar-refractivity contribution in [3.63, 3.8) is 0 Å². The van der Waals surface area contributed by atoms with Crippen LogP contribution in [0.25, 0.3) is 10.8 Å². The van der Waals surface area contributed by atoms with Crippen LogP contribution in [-0.4, -0.2) is 71.3 Å². The van der Waals surface area contributed by atoms with Crippen LogP contribution in [0.5, 0.6) is 0 Å². The molecule has 0 spiro atoms. The Labute approximate surface area is 245 Å². The topological polar surface area (TPSA) is 82.5 Å². The summed E-state index contributed by atoms with van der Waals surface area (Å²) in [7, 11) is 0. The predicted octanol–water partition coefficient (Wildman–Crippen LogP) is 5.75. The summed E-state index contributed by atoms with van der Waals surface area (Å²) in [6.45, 7) is -2.54. The number of carboxylic acid groups (broad SMARTS) is 1. The summed E-state index contributed by atoms with van der Waals surface area (Å²) in [6.07, 6.45) is -3.31. The van der Waals surface area contributed by atoms with Crippen molar-refractivity contribution >= 4 is 22.6 Å². The van der Waals surface area contributed by atoms with E-state index in [4.69, 9.17) is 0 Å². The lowest BCUT2D eigenvalue weighted by atomic mass is 9.72. The van der Waals surface area contributed by atoms with Crippen LogP contribution < -0.4 is 5.32 Å². The van der Waals surface area contributed by atoms with Crippen molar-refractivity contribution in [2.45, 2.75) is 57.2 Å². The molecule has 1 amide bonds. The van der Waals surface area contributed by atoms with Crippen molar-refractivity contribution in [3.05, 3.63) is 77.1 Å². The van der Waals surface area contributed by atoms with E-state index >= 15 is 0 Å². The van der Waals surface area contributed by atoms with Gasteiger partial charge in [-0.2, -0.15) is 13.2 Å². The van der Waals surface area contributed by atoms with E-state index in [1.165, 1.54) is 5.56 Å². The van der Waals surface area contributed by atoms with Gasteiger partial charge in [0.1, 0.15) is 11.5 Å². The molecule has 1 aromatic heterocycles. The fourth-order valence-corrected chi connectivity index (χ4v) is 5.68. The number of amides is 1. The van der Waals surface area contributed by atoms with E-state index in [0.717, 1.165) is 33.4 Å². The van der Waals surface area contributed by atoms with Crippen molar-refractivity contribution in [3.8, 4) is 0 Å². The number of benzene rings is 2. The van der Waals surface area contributed by atoms with Crippen LogP contribution in [-0.2, 0) is 28.9 Å². The molecule has 1 unspecified atom stereocenters. The molecular formula is C31H33F6N3O3. The van der Waals surface area contributed by atoms with Crippen LogP contribution in [0.2, 0.25) is 0 Å². The summed E-state index contributed by atoms with van der Waals surface area (Å²) in [5.41, 5.74) is 0.630. The minimum Gasteiger partial charge on any atom is -0.480 e. The Kier molecular flexibility index (Phi) is 9.68. The number of nitrogens with zero attached hydrogens (tertiary/aromatic N) is 2. The standard InChI is InChI=1S/C31H33F6N3O3/c1-2-20-6-7-24-23(15-20)8-11-38-25(24)16-21-4-3-5-22(14-21)17-26(27(41)42)39-28(43)29(30(33,34)18-32)9-12-40(13-10-29)19-31(35,36)37/h3-8,11,14-15,26H,2,9-10,12-13,16-19H2,1H3,(H,39,43)(H,41,42). The van der Waals surface area contributed by atoms with Crippen LogP contribution >= 0.6 is 0 Å². The Bertz CT molecular complexity index is 1450. The van der Waals surface area contributed by atoms with Gasteiger partial charge < -0.3 is 10.4 Å². The summed E-state index contributed by atoms with van der Waals surface area (Å²) in [4.78, 5) is 30.7. The van der Waals surface area contributed by atoms with Crippen molar-refractivity contribution in [1.29, 1.82) is 0 Å². The minimum absolute atomic E-state index is 0.255. The van der Waals surface area contributed by atoms with Crippen LogP contribution in [0.3, 0.4) is 0 Å². The van der Waals surface area contributed by atoms with Gasteiger partial charge in [0.15, 0.2) is 6.67 Å². The van der Waals surface area contributed by atoms with Crippen molar-refractivity contribution in [2.75, 3.05) is 26.3 Å². The van der Waals surface area contributed by atoms with E-state index < -0.39 is 74.6 Å². The van der Waals surface area contributed by atoms with Gasteiger partial charge in [-0.05, 0) is 60.5 Å². The van der Waals surface area contributed by atoms with Crippen molar-refractivity contribution in [2.24, 2.45) is 5.41 Å². The molecule has 2 aromatic carbocycles. The molecular weight excluding hydrogens is 576 g/mol. The van der Waals surface area contributed by atoms with Gasteiger partial charge in [-0.3, -0.25) is 14.7 Å². The summed E-state index contributed by atoms with van der Waals surface area (Å²) in [5.74, 6) is -7.08. The maximum Gasteiger partial charge on any atom is 0.401 e. The third-order valence-corrected chi connectivity index (χ3v) is 8.14. The third-order valence-electron chi connectivity index (χ3n) is 8.14. The molecule has 0 bridgehead atoms. The first-order valence-corrected chi connectivity index (χ1v) is 14.0.